The Morgan fingerprint density at radius 3 is 2.11 bits per heavy atom. The number of nitrogens with one attached hydrogen (secondary N) is 1. The smallest absolute Gasteiger partial charge is 0.382 e. The van der Waals surface area contributed by atoms with E-state index >= 15 is 0 Å². The van der Waals surface area contributed by atoms with Crippen LogP contribution in [0.1, 0.15) is 42.5 Å². The number of aromatic carboxylic acids is 1. The molecular formula is C17H19N2O7S2+. The lowest BCUT2D eigenvalue weighted by atomic mass is 10.0. The zero-order valence-corrected chi connectivity index (χ0v) is 16.4. The second-order valence-corrected chi connectivity index (χ2v) is 10.7. The number of H-pyrrole nitrogens is 1. The summed E-state index contributed by atoms with van der Waals surface area (Å²) in [6.07, 6.45) is 3.43. The van der Waals surface area contributed by atoms with E-state index in [0.717, 1.165) is 55.7 Å². The molecule has 1 aromatic heterocycles. The fourth-order valence-corrected chi connectivity index (χ4v) is 6.25. The number of sulfone groups is 2. The van der Waals surface area contributed by atoms with E-state index in [9.17, 15) is 26.5 Å². The number of hydrogen-bond donors (Lipinski definition) is 2. The summed E-state index contributed by atoms with van der Waals surface area (Å²) in [6, 6.07) is 6.49. The van der Waals surface area contributed by atoms with Crippen molar-refractivity contribution in [3.05, 3.63) is 46.9 Å². The molecular weight excluding hydrogens is 408 g/mol. The molecule has 28 heavy (non-hydrogen) atoms. The van der Waals surface area contributed by atoms with Crippen LogP contribution in [0, 0.1) is 4.91 Å². The summed E-state index contributed by atoms with van der Waals surface area (Å²) in [5.74, 6) is -1.20. The molecule has 0 atom stereocenters. The first-order valence-corrected chi connectivity index (χ1v) is 11.7. The summed E-state index contributed by atoms with van der Waals surface area (Å²) in [7, 11) is -8.03. The molecule has 1 saturated carbocycles. The van der Waals surface area contributed by atoms with Crippen molar-refractivity contribution in [1.82, 2.24) is 5.10 Å². The molecule has 0 unspecified atom stereocenters. The second kappa shape index (κ2) is 7.47. The van der Waals surface area contributed by atoms with Gasteiger partial charge in [0, 0.05) is 6.07 Å². The van der Waals surface area contributed by atoms with Crippen LogP contribution in [0.2, 0.25) is 0 Å². The van der Waals surface area contributed by atoms with E-state index in [1.54, 1.807) is 0 Å². The van der Waals surface area contributed by atoms with Crippen LogP contribution >= 0.6 is 0 Å². The average Bonchev–Trinajstić information content (AvgIpc) is 2.68. The predicted octanol–water partition coefficient (Wildman–Crippen LogP) is 1.57. The van der Waals surface area contributed by atoms with Crippen molar-refractivity contribution < 1.29 is 31.3 Å². The Morgan fingerprint density at radius 2 is 1.57 bits per heavy atom. The highest BCUT2D eigenvalue weighted by molar-refractivity contribution is 7.92. The van der Waals surface area contributed by atoms with E-state index in [4.69, 9.17) is 5.11 Å². The Hall–Kier alpha value is -2.53. The third kappa shape index (κ3) is 3.72. The third-order valence-corrected chi connectivity index (χ3v) is 8.71. The van der Waals surface area contributed by atoms with Crippen molar-refractivity contribution in [2.24, 2.45) is 0 Å². The lowest BCUT2D eigenvalue weighted by Gasteiger charge is -2.18. The standard InChI is InChI=1S/C17H18N2O7S2/c20-17(21)12-6-8-14(9-7-12)27(23,24)15-10-11-16(19(22)18-15)28(25,26)13-4-2-1-3-5-13/h6-11,13H,1-5H2,(H-,18,20,21,22)/p+1. The number of hydrogen-bond acceptors (Lipinski definition) is 6. The summed E-state index contributed by atoms with van der Waals surface area (Å²) in [5.41, 5.74) is -0.0873. The van der Waals surface area contributed by atoms with Gasteiger partial charge in [0.05, 0.1) is 20.6 Å². The molecule has 11 heteroatoms. The minimum Gasteiger partial charge on any atom is -0.478 e. The monoisotopic (exact) mass is 427 g/mol. The molecule has 0 amide bonds. The molecule has 1 aromatic carbocycles. The first kappa shape index (κ1) is 20.2. The van der Waals surface area contributed by atoms with Crippen LogP contribution < -0.4 is 4.54 Å². The van der Waals surface area contributed by atoms with Gasteiger partial charge in [-0.3, -0.25) is 0 Å². The summed E-state index contributed by atoms with van der Waals surface area (Å²) < 4.78 is 50.6. The van der Waals surface area contributed by atoms with Crippen molar-refractivity contribution in [2.75, 3.05) is 0 Å². The minimum atomic E-state index is -4.16. The first-order chi connectivity index (χ1) is 13.1. The second-order valence-electron chi connectivity index (χ2n) is 6.58. The van der Waals surface area contributed by atoms with E-state index in [1.165, 1.54) is 0 Å². The Bertz CT molecular complexity index is 1160. The molecule has 3 rings (SSSR count). The number of carboxylic acid groups (broad SMARTS) is 1. The highest BCUT2D eigenvalue weighted by Crippen LogP contribution is 2.27. The van der Waals surface area contributed by atoms with Crippen molar-refractivity contribution in [2.45, 2.75) is 52.3 Å². The molecule has 0 saturated heterocycles. The molecule has 1 fully saturated rings. The van der Waals surface area contributed by atoms with Crippen molar-refractivity contribution in [1.29, 1.82) is 0 Å². The SMILES string of the molecule is O=C(O)c1ccc(S(=O)(=O)c2ccc(S(=O)(=O)C3CCCCC3)[n+](=O)[nH]2)cc1. The number of aromatic amines is 1. The lowest BCUT2D eigenvalue weighted by Crippen LogP contribution is -2.35. The number of rotatable bonds is 5. The van der Waals surface area contributed by atoms with Gasteiger partial charge in [-0.2, -0.15) is 0 Å². The molecule has 1 aliphatic carbocycles. The molecule has 0 radical (unpaired) electrons. The maximum Gasteiger partial charge on any atom is 0.382 e. The fraction of sp³-hybridized carbons (Fsp3) is 0.353. The number of aromatic nitrogens is 2. The third-order valence-electron chi connectivity index (χ3n) is 4.77. The van der Waals surface area contributed by atoms with E-state index in [2.05, 4.69) is 5.10 Å². The van der Waals surface area contributed by atoms with Crippen LogP contribution in [0.3, 0.4) is 0 Å². The Morgan fingerprint density at radius 1 is 0.964 bits per heavy atom. The van der Waals surface area contributed by atoms with E-state index in [1.807, 2.05) is 0 Å². The van der Waals surface area contributed by atoms with Gasteiger partial charge in [-0.15, -0.1) is 5.10 Å². The Kier molecular flexibility index (Phi) is 5.39. The van der Waals surface area contributed by atoms with Gasteiger partial charge in [0.2, 0.25) is 19.7 Å². The van der Waals surface area contributed by atoms with Crippen LogP contribution in [-0.2, 0) is 19.7 Å². The summed E-state index contributed by atoms with van der Waals surface area (Å²) >= 11 is 0. The van der Waals surface area contributed by atoms with Gasteiger partial charge in [-0.05, 0) is 43.2 Å². The molecule has 9 nitrogen and oxygen atoms in total. The largest absolute Gasteiger partial charge is 0.478 e. The normalized spacial score (nSPS) is 16.0. The van der Waals surface area contributed by atoms with Gasteiger partial charge in [0.1, 0.15) is 0 Å². The van der Waals surface area contributed by atoms with E-state index < -0.39 is 40.9 Å². The van der Waals surface area contributed by atoms with Gasteiger partial charge in [0.15, 0.2) is 9.57 Å². The molecule has 1 heterocycles. The number of carbonyl (C=O) groups is 1. The minimum absolute atomic E-state index is 0.0392. The summed E-state index contributed by atoms with van der Waals surface area (Å²) in [5, 5.41) is 9.31. The van der Waals surface area contributed by atoms with Crippen LogP contribution in [0.5, 0.6) is 0 Å². The Labute approximate surface area is 161 Å². The van der Waals surface area contributed by atoms with E-state index in [0.29, 0.717) is 12.8 Å². The predicted molar refractivity (Wildman–Crippen MR) is 97.1 cm³/mol. The first-order valence-electron chi connectivity index (χ1n) is 8.62. The molecule has 150 valence electrons. The van der Waals surface area contributed by atoms with Crippen LogP contribution in [-0.4, -0.2) is 38.3 Å². The zero-order chi connectivity index (χ0) is 20.5. The fourth-order valence-electron chi connectivity index (χ4n) is 3.22. The van der Waals surface area contributed by atoms with Crippen LogP contribution in [0.15, 0.2) is 51.3 Å². The maximum absolute atomic E-state index is 12.7. The molecule has 1 aliphatic rings. The highest BCUT2D eigenvalue weighted by atomic mass is 32.2. The van der Waals surface area contributed by atoms with Crippen LogP contribution in [0.4, 0.5) is 0 Å². The van der Waals surface area contributed by atoms with Crippen molar-refractivity contribution in [3.8, 4) is 0 Å². The van der Waals surface area contributed by atoms with Gasteiger partial charge < -0.3 is 5.11 Å². The van der Waals surface area contributed by atoms with Gasteiger partial charge in [-0.1, -0.05) is 19.3 Å². The van der Waals surface area contributed by atoms with E-state index in [-0.39, 0.29) is 15.0 Å². The number of nitrogens with zero attached hydrogens (tertiary/aromatic N) is 1. The maximum atomic E-state index is 12.7. The Balaban J connectivity index is 1.97. The summed E-state index contributed by atoms with van der Waals surface area (Å²) in [6.45, 7) is 0. The molecule has 0 bridgehead atoms. The van der Waals surface area contributed by atoms with Crippen molar-refractivity contribution >= 4 is 25.6 Å². The van der Waals surface area contributed by atoms with Crippen LogP contribution in [0.25, 0.3) is 0 Å². The molecule has 0 aliphatic heterocycles. The molecule has 2 N–H and O–H groups in total. The van der Waals surface area contributed by atoms with Gasteiger partial charge in [0.25, 0.3) is 0 Å². The quantitative estimate of drug-likeness (QED) is 0.689. The zero-order valence-electron chi connectivity index (χ0n) is 14.7. The molecule has 2 aromatic rings. The number of benzene rings is 1. The number of carboxylic acids is 1. The van der Waals surface area contributed by atoms with Gasteiger partial charge >= 0.3 is 11.0 Å². The highest BCUT2D eigenvalue weighted by Gasteiger charge is 2.37. The summed E-state index contributed by atoms with van der Waals surface area (Å²) in [4.78, 5) is 22.9. The average molecular weight is 427 g/mol. The molecule has 0 spiro atoms. The topological polar surface area (TPSA) is 144 Å². The lowest BCUT2D eigenvalue weighted by molar-refractivity contribution is -0.610. The van der Waals surface area contributed by atoms with Crippen molar-refractivity contribution in [3.63, 3.8) is 0 Å². The van der Waals surface area contributed by atoms with Gasteiger partial charge in [-0.25, -0.2) is 21.6 Å².